The summed E-state index contributed by atoms with van der Waals surface area (Å²) in [6.07, 6.45) is -3.23. The zero-order valence-corrected chi connectivity index (χ0v) is 17.6. The summed E-state index contributed by atoms with van der Waals surface area (Å²) in [6.45, 7) is 0.287. The fourth-order valence-corrected chi connectivity index (χ4v) is 5.18. The molecule has 0 saturated heterocycles. The molecule has 0 bridgehead atoms. The van der Waals surface area contributed by atoms with Crippen LogP contribution in [0.5, 0.6) is 0 Å². The normalized spacial score (nSPS) is 14.0. The van der Waals surface area contributed by atoms with E-state index in [2.05, 4.69) is 5.32 Å². The molecule has 1 aliphatic heterocycles. The van der Waals surface area contributed by atoms with Crippen LogP contribution >= 0.6 is 0 Å². The minimum Gasteiger partial charge on any atom is -0.322 e. The number of hydrogen-bond acceptors (Lipinski definition) is 3. The Balaban J connectivity index is 1.64. The summed E-state index contributed by atoms with van der Waals surface area (Å²) >= 11 is 0. The SMILES string of the molecule is O=C(Nc1ccc2c(c1)N(S(=O)(=O)c1ccccc1)CCC2)c1cccc(C(F)(F)F)c1. The summed E-state index contributed by atoms with van der Waals surface area (Å²) in [7, 11) is -3.80. The molecule has 32 heavy (non-hydrogen) atoms. The Hall–Kier alpha value is -3.33. The lowest BCUT2D eigenvalue weighted by Gasteiger charge is -2.31. The van der Waals surface area contributed by atoms with E-state index in [1.807, 2.05) is 0 Å². The van der Waals surface area contributed by atoms with Gasteiger partial charge in [-0.3, -0.25) is 9.10 Å². The number of amides is 1. The van der Waals surface area contributed by atoms with Crippen molar-refractivity contribution in [2.75, 3.05) is 16.2 Å². The van der Waals surface area contributed by atoms with Gasteiger partial charge in [-0.25, -0.2) is 8.42 Å². The van der Waals surface area contributed by atoms with Crippen LogP contribution in [0.15, 0.2) is 77.7 Å². The van der Waals surface area contributed by atoms with Gasteiger partial charge in [0.1, 0.15) is 0 Å². The second-order valence-electron chi connectivity index (χ2n) is 7.37. The van der Waals surface area contributed by atoms with Gasteiger partial charge in [-0.05, 0) is 60.9 Å². The van der Waals surface area contributed by atoms with Gasteiger partial charge in [0, 0.05) is 17.8 Å². The maximum atomic E-state index is 13.2. The van der Waals surface area contributed by atoms with E-state index in [4.69, 9.17) is 0 Å². The third kappa shape index (κ3) is 4.34. The van der Waals surface area contributed by atoms with Crippen molar-refractivity contribution in [2.24, 2.45) is 0 Å². The smallest absolute Gasteiger partial charge is 0.322 e. The van der Waals surface area contributed by atoms with E-state index in [0.717, 1.165) is 17.7 Å². The van der Waals surface area contributed by atoms with Crippen LogP contribution in [0, 0.1) is 0 Å². The van der Waals surface area contributed by atoms with Crippen molar-refractivity contribution in [1.29, 1.82) is 0 Å². The Morgan fingerprint density at radius 1 is 0.938 bits per heavy atom. The van der Waals surface area contributed by atoms with Crippen molar-refractivity contribution in [1.82, 2.24) is 0 Å². The molecule has 0 radical (unpaired) electrons. The van der Waals surface area contributed by atoms with Gasteiger partial charge in [0.2, 0.25) is 0 Å². The van der Waals surface area contributed by atoms with Gasteiger partial charge in [-0.2, -0.15) is 13.2 Å². The van der Waals surface area contributed by atoms with E-state index < -0.39 is 27.7 Å². The van der Waals surface area contributed by atoms with Crippen molar-refractivity contribution in [2.45, 2.75) is 23.9 Å². The Kier molecular flexibility index (Phi) is 5.68. The average molecular weight is 460 g/mol. The van der Waals surface area contributed by atoms with Gasteiger partial charge in [-0.1, -0.05) is 30.3 Å². The predicted molar refractivity (Wildman–Crippen MR) is 115 cm³/mol. The number of sulfonamides is 1. The minimum atomic E-state index is -4.56. The molecule has 1 aliphatic rings. The highest BCUT2D eigenvalue weighted by Gasteiger charge is 2.31. The van der Waals surface area contributed by atoms with Gasteiger partial charge >= 0.3 is 6.18 Å². The van der Waals surface area contributed by atoms with Gasteiger partial charge in [-0.15, -0.1) is 0 Å². The molecule has 0 spiro atoms. The Labute approximate surface area is 183 Å². The molecule has 5 nitrogen and oxygen atoms in total. The monoisotopic (exact) mass is 460 g/mol. The van der Waals surface area contributed by atoms with E-state index in [0.29, 0.717) is 24.2 Å². The number of carbonyl (C=O) groups is 1. The predicted octanol–water partition coefficient (Wildman–Crippen LogP) is 5.10. The molecule has 3 aromatic rings. The quantitative estimate of drug-likeness (QED) is 0.589. The van der Waals surface area contributed by atoms with Gasteiger partial charge in [0.15, 0.2) is 0 Å². The molecule has 0 fully saturated rings. The summed E-state index contributed by atoms with van der Waals surface area (Å²) in [4.78, 5) is 12.7. The number of halogens is 3. The van der Waals surface area contributed by atoms with Crippen LogP contribution in [-0.4, -0.2) is 20.9 Å². The molecular weight excluding hydrogens is 441 g/mol. The third-order valence-electron chi connectivity index (χ3n) is 5.20. The lowest BCUT2D eigenvalue weighted by molar-refractivity contribution is -0.137. The largest absolute Gasteiger partial charge is 0.416 e. The van der Waals surface area contributed by atoms with Crippen molar-refractivity contribution >= 4 is 27.3 Å². The van der Waals surface area contributed by atoms with Crippen LogP contribution in [-0.2, 0) is 22.6 Å². The number of aryl methyl sites for hydroxylation is 1. The first kappa shape index (κ1) is 21.9. The van der Waals surface area contributed by atoms with Crippen molar-refractivity contribution in [3.63, 3.8) is 0 Å². The molecule has 1 N–H and O–H groups in total. The first-order chi connectivity index (χ1) is 15.2. The maximum absolute atomic E-state index is 13.2. The van der Waals surface area contributed by atoms with E-state index in [1.54, 1.807) is 36.4 Å². The average Bonchev–Trinajstić information content (AvgIpc) is 2.78. The highest BCUT2D eigenvalue weighted by Crippen LogP contribution is 2.34. The molecular formula is C23H19F3N2O3S. The highest BCUT2D eigenvalue weighted by atomic mass is 32.2. The van der Waals surface area contributed by atoms with Crippen LogP contribution in [0.1, 0.15) is 27.9 Å². The van der Waals surface area contributed by atoms with Crippen LogP contribution in [0.2, 0.25) is 0 Å². The number of fused-ring (bicyclic) bond motifs is 1. The minimum absolute atomic E-state index is 0.147. The number of anilines is 2. The second kappa shape index (κ2) is 8.31. The highest BCUT2D eigenvalue weighted by molar-refractivity contribution is 7.92. The standard InChI is InChI=1S/C23H19F3N2O3S/c24-23(25,26)18-8-4-6-17(14-18)22(29)27-19-12-11-16-7-5-13-28(21(16)15-19)32(30,31)20-9-2-1-3-10-20/h1-4,6,8-12,14-15H,5,7,13H2,(H,27,29). The van der Waals surface area contributed by atoms with Crippen molar-refractivity contribution in [3.05, 3.63) is 89.5 Å². The first-order valence-electron chi connectivity index (χ1n) is 9.85. The molecule has 9 heteroatoms. The van der Waals surface area contributed by atoms with Gasteiger partial charge in [0.05, 0.1) is 16.1 Å². The summed E-state index contributed by atoms with van der Waals surface area (Å²) in [6, 6.07) is 17.0. The molecule has 0 aromatic heterocycles. The van der Waals surface area contributed by atoms with Crippen LogP contribution < -0.4 is 9.62 Å². The number of carbonyl (C=O) groups excluding carboxylic acids is 1. The maximum Gasteiger partial charge on any atom is 0.416 e. The van der Waals surface area contributed by atoms with E-state index in [-0.39, 0.29) is 17.0 Å². The van der Waals surface area contributed by atoms with E-state index >= 15 is 0 Å². The molecule has 0 atom stereocenters. The van der Waals surface area contributed by atoms with Crippen LogP contribution in [0.3, 0.4) is 0 Å². The summed E-state index contributed by atoms with van der Waals surface area (Å²) in [5.41, 5.74) is 0.484. The van der Waals surface area contributed by atoms with Crippen molar-refractivity contribution in [3.8, 4) is 0 Å². The van der Waals surface area contributed by atoms with Crippen LogP contribution in [0.25, 0.3) is 0 Å². The Morgan fingerprint density at radius 2 is 1.69 bits per heavy atom. The zero-order chi connectivity index (χ0) is 22.9. The molecule has 4 rings (SSSR count). The fraction of sp³-hybridized carbons (Fsp3) is 0.174. The molecule has 0 unspecified atom stereocenters. The van der Waals surface area contributed by atoms with Gasteiger partial charge in [0.25, 0.3) is 15.9 Å². The zero-order valence-electron chi connectivity index (χ0n) is 16.8. The lowest BCUT2D eigenvalue weighted by Crippen LogP contribution is -2.35. The molecule has 3 aromatic carbocycles. The number of hydrogen-bond donors (Lipinski definition) is 1. The number of benzene rings is 3. The van der Waals surface area contributed by atoms with E-state index in [1.165, 1.54) is 28.6 Å². The lowest BCUT2D eigenvalue weighted by atomic mass is 10.0. The fourth-order valence-electron chi connectivity index (χ4n) is 3.63. The summed E-state index contributed by atoms with van der Waals surface area (Å²) in [5.74, 6) is -0.718. The number of nitrogens with zero attached hydrogens (tertiary/aromatic N) is 1. The molecule has 1 amide bonds. The molecule has 1 heterocycles. The van der Waals surface area contributed by atoms with Crippen LogP contribution in [0.4, 0.5) is 24.5 Å². The summed E-state index contributed by atoms with van der Waals surface area (Å²) < 4.78 is 66.5. The Morgan fingerprint density at radius 3 is 2.41 bits per heavy atom. The van der Waals surface area contributed by atoms with E-state index in [9.17, 15) is 26.4 Å². The van der Waals surface area contributed by atoms with Gasteiger partial charge < -0.3 is 5.32 Å². The number of alkyl halides is 3. The van der Waals surface area contributed by atoms with Crippen molar-refractivity contribution < 1.29 is 26.4 Å². The molecule has 166 valence electrons. The molecule has 0 aliphatic carbocycles. The topological polar surface area (TPSA) is 66.5 Å². The molecule has 0 saturated carbocycles. The number of nitrogens with one attached hydrogen (secondary N) is 1. The Bertz CT molecular complexity index is 1260. The second-order valence-corrected chi connectivity index (χ2v) is 9.23. The third-order valence-corrected chi connectivity index (χ3v) is 7.03. The summed E-state index contributed by atoms with van der Waals surface area (Å²) in [5, 5.41) is 2.57. The first-order valence-corrected chi connectivity index (χ1v) is 11.3. The number of rotatable bonds is 4.